The van der Waals surface area contributed by atoms with E-state index in [0.29, 0.717) is 18.0 Å². The highest BCUT2D eigenvalue weighted by Crippen LogP contribution is 2.41. The smallest absolute Gasteiger partial charge is 0.325 e. The maximum Gasteiger partial charge on any atom is 0.325 e. The Morgan fingerprint density at radius 3 is 2.64 bits per heavy atom. The van der Waals surface area contributed by atoms with Gasteiger partial charge in [-0.25, -0.2) is 4.79 Å². The molecule has 0 unspecified atom stereocenters. The average molecular weight is 398 g/mol. The van der Waals surface area contributed by atoms with E-state index in [2.05, 4.69) is 5.32 Å². The summed E-state index contributed by atoms with van der Waals surface area (Å²) in [5.41, 5.74) is 1.77. The lowest BCUT2D eigenvalue weighted by Gasteiger charge is -2.23. The van der Waals surface area contributed by atoms with Crippen molar-refractivity contribution in [3.63, 3.8) is 0 Å². The van der Waals surface area contributed by atoms with E-state index in [1.165, 1.54) is 4.90 Å². The first-order valence-electron chi connectivity index (χ1n) is 9.11. The van der Waals surface area contributed by atoms with Crippen LogP contribution < -0.4 is 5.32 Å². The molecule has 1 aliphatic carbocycles. The van der Waals surface area contributed by atoms with Gasteiger partial charge in [-0.05, 0) is 41.7 Å². The molecule has 2 aliphatic rings. The van der Waals surface area contributed by atoms with E-state index in [0.717, 1.165) is 28.0 Å². The maximum atomic E-state index is 13.1. The van der Waals surface area contributed by atoms with Crippen LogP contribution in [-0.4, -0.2) is 41.2 Å². The second-order valence-corrected chi connectivity index (χ2v) is 7.70. The Morgan fingerprint density at radius 2 is 1.89 bits per heavy atom. The van der Waals surface area contributed by atoms with Crippen molar-refractivity contribution in [3.05, 3.63) is 70.2 Å². The van der Waals surface area contributed by atoms with Gasteiger partial charge in [-0.1, -0.05) is 48.0 Å². The number of likely N-dealkylation sites (N-methyl/N-ethyl adjacent to an activating group) is 1. The number of aryl methyl sites for hydroxylation is 1. The zero-order chi connectivity index (χ0) is 19.9. The third-order valence-corrected chi connectivity index (χ3v) is 5.73. The third kappa shape index (κ3) is 3.03. The van der Waals surface area contributed by atoms with Gasteiger partial charge in [-0.2, -0.15) is 0 Å². The summed E-state index contributed by atoms with van der Waals surface area (Å²) in [7, 11) is 1.65. The standard InChI is InChI=1S/C21H20ClN3O3/c1-24(12-14-6-8-16(22)9-7-14)18(26)13-25-19(27)21(23-20(25)28)11-10-15-4-2-3-5-17(15)21/h2-9H,10-13H2,1H3,(H,23,28)/t21-/m0/s1. The summed E-state index contributed by atoms with van der Waals surface area (Å²) in [4.78, 5) is 40.8. The van der Waals surface area contributed by atoms with E-state index in [4.69, 9.17) is 11.6 Å². The van der Waals surface area contributed by atoms with Crippen molar-refractivity contribution in [1.82, 2.24) is 15.1 Å². The lowest BCUT2D eigenvalue weighted by molar-refractivity contribution is -0.138. The number of carbonyl (C=O) groups is 3. The zero-order valence-corrected chi connectivity index (χ0v) is 16.2. The van der Waals surface area contributed by atoms with Gasteiger partial charge in [-0.15, -0.1) is 0 Å². The Balaban J connectivity index is 1.48. The fraction of sp³-hybridized carbons (Fsp3) is 0.286. The molecule has 0 saturated carbocycles. The molecular weight excluding hydrogens is 378 g/mol. The average Bonchev–Trinajstić information content (AvgIpc) is 3.17. The Morgan fingerprint density at radius 1 is 1.18 bits per heavy atom. The fourth-order valence-electron chi connectivity index (χ4n) is 3.94. The van der Waals surface area contributed by atoms with Crippen molar-refractivity contribution in [2.75, 3.05) is 13.6 Å². The van der Waals surface area contributed by atoms with Crippen LogP contribution >= 0.6 is 11.6 Å². The number of hydrogen-bond acceptors (Lipinski definition) is 3. The van der Waals surface area contributed by atoms with Crippen LogP contribution in [0, 0.1) is 0 Å². The van der Waals surface area contributed by atoms with Crippen molar-refractivity contribution < 1.29 is 14.4 Å². The van der Waals surface area contributed by atoms with Gasteiger partial charge in [0.15, 0.2) is 0 Å². The minimum Gasteiger partial charge on any atom is -0.340 e. The maximum absolute atomic E-state index is 13.1. The van der Waals surface area contributed by atoms with Gasteiger partial charge in [0, 0.05) is 18.6 Å². The molecule has 1 aliphatic heterocycles. The normalized spacial score (nSPS) is 20.4. The van der Waals surface area contributed by atoms with Gasteiger partial charge >= 0.3 is 6.03 Å². The third-order valence-electron chi connectivity index (χ3n) is 5.47. The predicted molar refractivity (Wildman–Crippen MR) is 105 cm³/mol. The fourth-order valence-corrected chi connectivity index (χ4v) is 4.07. The molecule has 1 atom stereocenters. The van der Waals surface area contributed by atoms with Crippen molar-refractivity contribution in [2.24, 2.45) is 0 Å². The molecule has 1 heterocycles. The van der Waals surface area contributed by atoms with Crippen molar-refractivity contribution in [3.8, 4) is 0 Å². The quantitative estimate of drug-likeness (QED) is 0.806. The topological polar surface area (TPSA) is 69.7 Å². The Bertz CT molecular complexity index is 960. The van der Waals surface area contributed by atoms with Gasteiger partial charge in [0.25, 0.3) is 5.91 Å². The number of rotatable bonds is 4. The summed E-state index contributed by atoms with van der Waals surface area (Å²) in [5, 5.41) is 3.46. The predicted octanol–water partition coefficient (Wildman–Crippen LogP) is 2.69. The number of carbonyl (C=O) groups excluding carboxylic acids is 3. The molecule has 2 aromatic rings. The molecule has 1 N–H and O–H groups in total. The van der Waals surface area contributed by atoms with E-state index in [9.17, 15) is 14.4 Å². The van der Waals surface area contributed by atoms with E-state index >= 15 is 0 Å². The number of nitrogens with zero attached hydrogens (tertiary/aromatic N) is 2. The lowest BCUT2D eigenvalue weighted by atomic mass is 9.92. The minimum atomic E-state index is -1.04. The van der Waals surface area contributed by atoms with Gasteiger partial charge in [-0.3, -0.25) is 14.5 Å². The first-order chi connectivity index (χ1) is 13.4. The van der Waals surface area contributed by atoms with E-state index in [1.54, 1.807) is 19.2 Å². The monoisotopic (exact) mass is 397 g/mol. The molecule has 6 nitrogen and oxygen atoms in total. The molecule has 0 bridgehead atoms. The second kappa shape index (κ2) is 6.95. The SMILES string of the molecule is CN(Cc1ccc(Cl)cc1)C(=O)CN1C(=O)N[C@]2(CCc3ccccc32)C1=O. The Hall–Kier alpha value is -2.86. The lowest BCUT2D eigenvalue weighted by Crippen LogP contribution is -2.44. The number of hydrogen-bond donors (Lipinski definition) is 1. The number of nitrogens with one attached hydrogen (secondary N) is 1. The molecule has 2 aromatic carbocycles. The van der Waals surface area contributed by atoms with Gasteiger partial charge < -0.3 is 10.2 Å². The highest BCUT2D eigenvalue weighted by Gasteiger charge is 2.55. The van der Waals surface area contributed by atoms with Crippen LogP contribution in [0.25, 0.3) is 0 Å². The molecule has 0 radical (unpaired) electrons. The number of halogens is 1. The molecular formula is C21H20ClN3O3. The van der Waals surface area contributed by atoms with E-state index in [1.807, 2.05) is 36.4 Å². The summed E-state index contributed by atoms with van der Waals surface area (Å²) in [6, 6.07) is 14.3. The molecule has 7 heteroatoms. The number of amides is 4. The van der Waals surface area contributed by atoms with Crippen LogP contribution in [0.1, 0.15) is 23.1 Å². The zero-order valence-electron chi connectivity index (χ0n) is 15.4. The first kappa shape index (κ1) is 18.5. The van der Waals surface area contributed by atoms with Crippen LogP contribution in [0.2, 0.25) is 5.02 Å². The summed E-state index contributed by atoms with van der Waals surface area (Å²) < 4.78 is 0. The number of urea groups is 1. The molecule has 28 heavy (non-hydrogen) atoms. The minimum absolute atomic E-state index is 0.279. The van der Waals surface area contributed by atoms with Gasteiger partial charge in [0.05, 0.1) is 0 Å². The summed E-state index contributed by atoms with van der Waals surface area (Å²) in [6.45, 7) is 0.0896. The Labute approximate surface area is 168 Å². The molecule has 1 saturated heterocycles. The largest absolute Gasteiger partial charge is 0.340 e. The van der Waals surface area contributed by atoms with Gasteiger partial charge in [0.1, 0.15) is 12.1 Å². The van der Waals surface area contributed by atoms with Crippen LogP contribution in [0.3, 0.4) is 0 Å². The van der Waals surface area contributed by atoms with Crippen LogP contribution in [0.5, 0.6) is 0 Å². The molecule has 4 amide bonds. The van der Waals surface area contributed by atoms with Crippen LogP contribution in [0.15, 0.2) is 48.5 Å². The van der Waals surface area contributed by atoms with Crippen molar-refractivity contribution >= 4 is 29.4 Å². The van der Waals surface area contributed by atoms with Crippen LogP contribution in [0.4, 0.5) is 4.79 Å². The summed E-state index contributed by atoms with van der Waals surface area (Å²) in [6.07, 6.45) is 1.24. The van der Waals surface area contributed by atoms with E-state index < -0.39 is 11.6 Å². The summed E-state index contributed by atoms with van der Waals surface area (Å²) >= 11 is 5.88. The molecule has 144 valence electrons. The van der Waals surface area contributed by atoms with Crippen LogP contribution in [-0.2, 0) is 28.1 Å². The summed E-state index contributed by atoms with van der Waals surface area (Å²) in [5.74, 6) is -0.655. The molecule has 1 spiro atoms. The highest BCUT2D eigenvalue weighted by atomic mass is 35.5. The van der Waals surface area contributed by atoms with Crippen molar-refractivity contribution in [1.29, 1.82) is 0 Å². The van der Waals surface area contributed by atoms with E-state index in [-0.39, 0.29) is 18.4 Å². The number of imide groups is 1. The number of fused-ring (bicyclic) bond motifs is 2. The highest BCUT2D eigenvalue weighted by molar-refractivity contribution is 6.30. The van der Waals surface area contributed by atoms with Gasteiger partial charge in [0.2, 0.25) is 5.91 Å². The molecule has 1 fully saturated rings. The Kier molecular flexibility index (Phi) is 4.59. The molecule has 4 rings (SSSR count). The first-order valence-corrected chi connectivity index (χ1v) is 9.49. The second-order valence-electron chi connectivity index (χ2n) is 7.26. The molecule has 0 aromatic heterocycles. The van der Waals surface area contributed by atoms with Crippen molar-refractivity contribution in [2.45, 2.75) is 24.9 Å². The number of benzene rings is 2.